The maximum Gasteiger partial charge on any atom is 0.274 e. The fourth-order valence-electron chi connectivity index (χ4n) is 2.50. The molecule has 0 bridgehead atoms. The molecule has 0 aliphatic heterocycles. The van der Waals surface area contributed by atoms with E-state index in [9.17, 15) is 4.79 Å². The van der Waals surface area contributed by atoms with Gasteiger partial charge in [0.05, 0.1) is 5.69 Å². The van der Waals surface area contributed by atoms with Crippen LogP contribution in [0.25, 0.3) is 5.65 Å². The van der Waals surface area contributed by atoms with Crippen molar-refractivity contribution in [3.63, 3.8) is 0 Å². The molecule has 23 heavy (non-hydrogen) atoms. The number of aromatic nitrogens is 2. The molecule has 0 aliphatic carbocycles. The predicted octanol–water partition coefficient (Wildman–Crippen LogP) is 4.76. The van der Waals surface area contributed by atoms with E-state index in [0.29, 0.717) is 27.8 Å². The number of rotatable bonds is 3. The molecule has 0 fully saturated rings. The number of halogens is 2. The van der Waals surface area contributed by atoms with Gasteiger partial charge in [-0.3, -0.25) is 9.20 Å². The van der Waals surface area contributed by atoms with Gasteiger partial charge in [-0.25, -0.2) is 4.98 Å². The lowest BCUT2D eigenvalue weighted by Crippen LogP contribution is -2.16. The number of fused-ring (bicyclic) bond motifs is 1. The lowest BCUT2D eigenvalue weighted by atomic mass is 10.2. The van der Waals surface area contributed by atoms with Gasteiger partial charge in [-0.05, 0) is 49.2 Å². The van der Waals surface area contributed by atoms with E-state index in [1.54, 1.807) is 22.6 Å². The smallest absolute Gasteiger partial charge is 0.274 e. The fraction of sp³-hybridized carbons (Fsp3) is 0.176. The summed E-state index contributed by atoms with van der Waals surface area (Å²) in [7, 11) is 0. The molecule has 2 aromatic heterocycles. The number of nitrogens with zero attached hydrogens (tertiary/aromatic N) is 2. The van der Waals surface area contributed by atoms with E-state index in [-0.39, 0.29) is 5.91 Å². The van der Waals surface area contributed by atoms with Crippen molar-refractivity contribution in [2.75, 3.05) is 5.32 Å². The minimum Gasteiger partial charge on any atom is -0.321 e. The number of carbonyl (C=O) groups excluding carboxylic acids is 1. The van der Waals surface area contributed by atoms with E-state index in [0.717, 1.165) is 16.9 Å². The molecule has 0 spiro atoms. The number of hydrogen-bond donors (Lipinski definition) is 1. The van der Waals surface area contributed by atoms with Crippen molar-refractivity contribution in [1.29, 1.82) is 0 Å². The standard InChI is InChI=1S/C17H15Cl2N3O/c1-3-14-16(22-5-4-10(2)6-15(22)21-14)17(23)20-13-8-11(18)7-12(19)9-13/h4-9H,3H2,1-2H3,(H,20,23). The largest absolute Gasteiger partial charge is 0.321 e. The van der Waals surface area contributed by atoms with Crippen LogP contribution in [0.1, 0.15) is 28.7 Å². The summed E-state index contributed by atoms with van der Waals surface area (Å²) in [6.45, 7) is 3.97. The second-order valence-electron chi connectivity index (χ2n) is 5.31. The molecule has 0 saturated heterocycles. The molecule has 118 valence electrons. The molecule has 0 unspecified atom stereocenters. The molecule has 1 aromatic carbocycles. The van der Waals surface area contributed by atoms with Gasteiger partial charge in [0.2, 0.25) is 0 Å². The molecule has 1 N–H and O–H groups in total. The first-order chi connectivity index (χ1) is 11.0. The molecule has 0 atom stereocenters. The van der Waals surface area contributed by atoms with Crippen LogP contribution in [0.3, 0.4) is 0 Å². The van der Waals surface area contributed by atoms with Crippen LogP contribution >= 0.6 is 23.2 Å². The van der Waals surface area contributed by atoms with Gasteiger partial charge >= 0.3 is 0 Å². The lowest BCUT2D eigenvalue weighted by Gasteiger charge is -2.08. The molecular weight excluding hydrogens is 333 g/mol. The second-order valence-corrected chi connectivity index (χ2v) is 6.18. The highest BCUT2D eigenvalue weighted by molar-refractivity contribution is 6.35. The fourth-order valence-corrected chi connectivity index (χ4v) is 3.02. The normalized spacial score (nSPS) is 11.0. The van der Waals surface area contributed by atoms with Gasteiger partial charge in [-0.15, -0.1) is 0 Å². The first-order valence-corrected chi connectivity index (χ1v) is 7.98. The van der Waals surface area contributed by atoms with Gasteiger partial charge < -0.3 is 5.32 Å². The Morgan fingerprint density at radius 1 is 1.22 bits per heavy atom. The number of imidazole rings is 1. The molecule has 1 amide bonds. The zero-order chi connectivity index (χ0) is 16.6. The van der Waals surface area contributed by atoms with E-state index in [1.807, 2.05) is 32.2 Å². The zero-order valence-corrected chi connectivity index (χ0v) is 14.2. The Bertz CT molecular complexity index is 882. The van der Waals surface area contributed by atoms with Crippen LogP contribution in [0, 0.1) is 6.92 Å². The van der Waals surface area contributed by atoms with Crippen molar-refractivity contribution in [1.82, 2.24) is 9.38 Å². The summed E-state index contributed by atoms with van der Waals surface area (Å²) in [5.41, 5.74) is 3.69. The van der Waals surface area contributed by atoms with Crippen molar-refractivity contribution in [2.45, 2.75) is 20.3 Å². The highest BCUT2D eigenvalue weighted by Crippen LogP contribution is 2.23. The Hall–Kier alpha value is -2.04. The molecule has 6 heteroatoms. The van der Waals surface area contributed by atoms with Crippen molar-refractivity contribution < 1.29 is 4.79 Å². The molecule has 3 rings (SSSR count). The predicted molar refractivity (Wildman–Crippen MR) is 93.7 cm³/mol. The summed E-state index contributed by atoms with van der Waals surface area (Å²) in [5, 5.41) is 3.78. The van der Waals surface area contributed by atoms with Gasteiger partial charge in [0.25, 0.3) is 5.91 Å². The van der Waals surface area contributed by atoms with Crippen molar-refractivity contribution in [3.05, 3.63) is 63.5 Å². The highest BCUT2D eigenvalue weighted by Gasteiger charge is 2.18. The van der Waals surface area contributed by atoms with Gasteiger partial charge in [0.1, 0.15) is 11.3 Å². The summed E-state index contributed by atoms with van der Waals surface area (Å²) in [6, 6.07) is 8.83. The topological polar surface area (TPSA) is 46.4 Å². The number of anilines is 1. The Morgan fingerprint density at radius 2 is 1.91 bits per heavy atom. The third-order valence-corrected chi connectivity index (χ3v) is 3.96. The number of aryl methyl sites for hydroxylation is 2. The Labute approximate surface area is 144 Å². The van der Waals surface area contributed by atoms with Crippen LogP contribution in [0.15, 0.2) is 36.5 Å². The van der Waals surface area contributed by atoms with E-state index in [2.05, 4.69) is 10.3 Å². The zero-order valence-electron chi connectivity index (χ0n) is 12.7. The first-order valence-electron chi connectivity index (χ1n) is 7.23. The van der Waals surface area contributed by atoms with Crippen molar-refractivity contribution >= 4 is 40.4 Å². The van der Waals surface area contributed by atoms with Crippen LogP contribution in [0.2, 0.25) is 10.0 Å². The van der Waals surface area contributed by atoms with Crippen molar-refractivity contribution in [2.24, 2.45) is 0 Å². The third kappa shape index (κ3) is 3.19. The lowest BCUT2D eigenvalue weighted by molar-refractivity contribution is 0.102. The van der Waals surface area contributed by atoms with Gasteiger partial charge in [-0.1, -0.05) is 30.1 Å². The highest BCUT2D eigenvalue weighted by atomic mass is 35.5. The van der Waals surface area contributed by atoms with Gasteiger partial charge in [0, 0.05) is 21.9 Å². The molecule has 3 aromatic rings. The minimum absolute atomic E-state index is 0.239. The SMILES string of the molecule is CCc1nc2cc(C)ccn2c1C(=O)Nc1cc(Cl)cc(Cl)c1. The van der Waals surface area contributed by atoms with Crippen molar-refractivity contribution in [3.8, 4) is 0 Å². The van der Waals surface area contributed by atoms with E-state index >= 15 is 0 Å². The summed E-state index contributed by atoms with van der Waals surface area (Å²) < 4.78 is 1.80. The van der Waals surface area contributed by atoms with Gasteiger partial charge in [0.15, 0.2) is 0 Å². The van der Waals surface area contributed by atoms with E-state index in [4.69, 9.17) is 23.2 Å². The number of carbonyl (C=O) groups is 1. The van der Waals surface area contributed by atoms with Crippen LogP contribution in [0.4, 0.5) is 5.69 Å². The average molecular weight is 348 g/mol. The molecule has 2 heterocycles. The maximum absolute atomic E-state index is 12.7. The summed E-state index contributed by atoms with van der Waals surface area (Å²) >= 11 is 12.0. The molecule has 4 nitrogen and oxygen atoms in total. The van der Waals surface area contributed by atoms with Crippen LogP contribution in [-0.2, 0) is 6.42 Å². The second kappa shape index (κ2) is 6.22. The quantitative estimate of drug-likeness (QED) is 0.741. The first kappa shape index (κ1) is 15.8. The van der Waals surface area contributed by atoms with Gasteiger partial charge in [-0.2, -0.15) is 0 Å². The third-order valence-electron chi connectivity index (χ3n) is 3.52. The maximum atomic E-state index is 12.7. The monoisotopic (exact) mass is 347 g/mol. The molecule has 0 radical (unpaired) electrons. The number of pyridine rings is 1. The number of benzene rings is 1. The Morgan fingerprint density at radius 3 is 2.57 bits per heavy atom. The Kier molecular flexibility index (Phi) is 4.28. The number of amides is 1. The van der Waals surface area contributed by atoms with Crippen LogP contribution < -0.4 is 5.32 Å². The number of nitrogens with one attached hydrogen (secondary N) is 1. The Balaban J connectivity index is 2.03. The summed E-state index contributed by atoms with van der Waals surface area (Å²) in [4.78, 5) is 17.3. The number of hydrogen-bond acceptors (Lipinski definition) is 2. The van der Waals surface area contributed by atoms with Crippen LogP contribution in [0.5, 0.6) is 0 Å². The van der Waals surface area contributed by atoms with E-state index < -0.39 is 0 Å². The molecule has 0 aliphatic rings. The van der Waals surface area contributed by atoms with E-state index in [1.165, 1.54) is 0 Å². The summed E-state index contributed by atoms with van der Waals surface area (Å²) in [5.74, 6) is -0.239. The summed E-state index contributed by atoms with van der Waals surface area (Å²) in [6.07, 6.45) is 2.52. The molecular formula is C17H15Cl2N3O. The molecule has 0 saturated carbocycles. The average Bonchev–Trinajstić information content (AvgIpc) is 2.83. The van der Waals surface area contributed by atoms with Crippen LogP contribution in [-0.4, -0.2) is 15.3 Å². The minimum atomic E-state index is -0.239.